The molecule has 0 amide bonds. The van der Waals surface area contributed by atoms with Gasteiger partial charge in [-0.2, -0.15) is 0 Å². The largest absolute Gasteiger partial charge is 0.263 e. The minimum Gasteiger partial charge on any atom is -0.263 e. The van der Waals surface area contributed by atoms with Crippen LogP contribution in [-0.4, -0.2) is 10.4 Å². The Morgan fingerprint density at radius 3 is 2.95 bits per heavy atom. The molecule has 4 rings (SSSR count). The van der Waals surface area contributed by atoms with Crippen LogP contribution >= 0.6 is 23.2 Å². The van der Waals surface area contributed by atoms with Gasteiger partial charge in [0.2, 0.25) is 0 Å². The second kappa shape index (κ2) is 5.30. The maximum atomic E-state index is 6.75. The molecule has 0 spiro atoms. The SMILES string of the molecule is Clc1cnccc1CC(Cl)C1C2CCc3ccccc3C21. The molecule has 1 aromatic heterocycles. The van der Waals surface area contributed by atoms with Crippen molar-refractivity contribution in [1.29, 1.82) is 0 Å². The van der Waals surface area contributed by atoms with E-state index in [4.69, 9.17) is 23.2 Å². The second-order valence-electron chi connectivity index (χ2n) is 6.19. The third kappa shape index (κ3) is 2.37. The number of alkyl halides is 1. The second-order valence-corrected chi connectivity index (χ2v) is 7.16. The molecule has 2 aromatic rings. The van der Waals surface area contributed by atoms with Gasteiger partial charge >= 0.3 is 0 Å². The lowest BCUT2D eigenvalue weighted by molar-refractivity contribution is 0.610. The quantitative estimate of drug-likeness (QED) is 0.736. The third-order valence-corrected chi connectivity index (χ3v) is 5.87. The van der Waals surface area contributed by atoms with Gasteiger partial charge in [-0.05, 0) is 59.8 Å². The minimum absolute atomic E-state index is 0.158. The molecule has 4 atom stereocenters. The van der Waals surface area contributed by atoms with Crippen molar-refractivity contribution in [3.05, 3.63) is 64.4 Å². The smallest absolute Gasteiger partial charge is 0.0621 e. The fraction of sp³-hybridized carbons (Fsp3) is 0.389. The summed E-state index contributed by atoms with van der Waals surface area (Å²) in [6.45, 7) is 0. The highest BCUT2D eigenvalue weighted by Gasteiger charge is 2.55. The van der Waals surface area contributed by atoms with Crippen molar-refractivity contribution in [2.24, 2.45) is 11.8 Å². The molecule has 4 unspecified atom stereocenters. The molecular weight excluding hydrogens is 301 g/mol. The summed E-state index contributed by atoms with van der Waals surface area (Å²) in [5, 5.41) is 0.887. The van der Waals surface area contributed by atoms with Crippen LogP contribution in [0.4, 0.5) is 0 Å². The van der Waals surface area contributed by atoms with E-state index in [1.807, 2.05) is 6.07 Å². The molecule has 1 saturated carbocycles. The zero-order valence-corrected chi connectivity index (χ0v) is 13.2. The number of halogens is 2. The lowest BCUT2D eigenvalue weighted by Crippen LogP contribution is -2.08. The molecule has 1 nitrogen and oxygen atoms in total. The van der Waals surface area contributed by atoms with Crippen LogP contribution in [0.3, 0.4) is 0 Å². The summed E-state index contributed by atoms with van der Waals surface area (Å²) >= 11 is 13.0. The first-order valence-electron chi connectivity index (χ1n) is 7.56. The Bertz CT molecular complexity index is 670. The first-order valence-corrected chi connectivity index (χ1v) is 8.37. The average Bonchev–Trinajstić information content (AvgIpc) is 3.24. The highest BCUT2D eigenvalue weighted by atomic mass is 35.5. The van der Waals surface area contributed by atoms with Gasteiger partial charge in [-0.25, -0.2) is 0 Å². The number of hydrogen-bond donors (Lipinski definition) is 0. The van der Waals surface area contributed by atoms with Crippen LogP contribution < -0.4 is 0 Å². The molecule has 1 fully saturated rings. The Kier molecular flexibility index (Phi) is 3.43. The van der Waals surface area contributed by atoms with Gasteiger partial charge in [0.1, 0.15) is 0 Å². The Morgan fingerprint density at radius 1 is 1.24 bits per heavy atom. The fourth-order valence-corrected chi connectivity index (χ4v) is 4.73. The van der Waals surface area contributed by atoms with Gasteiger partial charge in [-0.3, -0.25) is 4.98 Å². The predicted octanol–water partition coefficient (Wildman–Crippen LogP) is 4.86. The highest BCUT2D eigenvalue weighted by molar-refractivity contribution is 6.31. The van der Waals surface area contributed by atoms with E-state index in [1.54, 1.807) is 12.4 Å². The molecule has 0 radical (unpaired) electrons. The standard InChI is InChI=1S/C18H17Cl2N/c19-15(9-12-7-8-21-10-16(12)20)18-14-6-5-11-3-1-2-4-13(11)17(14)18/h1-4,7-8,10,14-15,17-18H,5-6,9H2. The lowest BCUT2D eigenvalue weighted by atomic mass is 9.92. The molecule has 21 heavy (non-hydrogen) atoms. The van der Waals surface area contributed by atoms with E-state index in [0.29, 0.717) is 11.8 Å². The number of rotatable bonds is 3. The maximum absolute atomic E-state index is 6.75. The summed E-state index contributed by atoms with van der Waals surface area (Å²) in [5.74, 6) is 2.03. The number of aromatic nitrogens is 1. The summed E-state index contributed by atoms with van der Waals surface area (Å²) in [5.41, 5.74) is 4.17. The normalized spacial score (nSPS) is 27.6. The van der Waals surface area contributed by atoms with Gasteiger partial charge < -0.3 is 0 Å². The number of aryl methyl sites for hydroxylation is 1. The zero-order valence-electron chi connectivity index (χ0n) is 11.7. The van der Waals surface area contributed by atoms with Crippen LogP contribution in [0, 0.1) is 11.8 Å². The monoisotopic (exact) mass is 317 g/mol. The Labute approximate surface area is 135 Å². The molecular formula is C18H17Cl2N. The van der Waals surface area contributed by atoms with Gasteiger partial charge in [-0.15, -0.1) is 11.6 Å². The van der Waals surface area contributed by atoms with Crippen molar-refractivity contribution in [2.45, 2.75) is 30.6 Å². The Balaban J connectivity index is 1.53. The van der Waals surface area contributed by atoms with E-state index in [1.165, 1.54) is 24.0 Å². The molecule has 1 aromatic carbocycles. The summed E-state index contributed by atoms with van der Waals surface area (Å²) in [7, 11) is 0. The Hall–Kier alpha value is -1.05. The average molecular weight is 318 g/mol. The van der Waals surface area contributed by atoms with Crippen LogP contribution in [-0.2, 0) is 12.8 Å². The van der Waals surface area contributed by atoms with Gasteiger partial charge in [0.15, 0.2) is 0 Å². The zero-order chi connectivity index (χ0) is 14.4. The third-order valence-electron chi connectivity index (χ3n) is 5.08. The van der Waals surface area contributed by atoms with Crippen molar-refractivity contribution in [3.63, 3.8) is 0 Å². The molecule has 2 aliphatic carbocycles. The molecule has 108 valence electrons. The van der Waals surface area contributed by atoms with E-state index in [-0.39, 0.29) is 5.38 Å². The van der Waals surface area contributed by atoms with Gasteiger partial charge in [0, 0.05) is 17.8 Å². The van der Waals surface area contributed by atoms with Crippen LogP contribution in [0.2, 0.25) is 5.02 Å². The molecule has 2 aliphatic rings. The lowest BCUT2D eigenvalue weighted by Gasteiger charge is -2.13. The first-order chi connectivity index (χ1) is 10.3. The van der Waals surface area contributed by atoms with Crippen LogP contribution in [0.15, 0.2) is 42.7 Å². The molecule has 3 heteroatoms. The molecule has 1 heterocycles. The topological polar surface area (TPSA) is 12.9 Å². The number of pyridine rings is 1. The van der Waals surface area contributed by atoms with Crippen molar-refractivity contribution in [1.82, 2.24) is 4.98 Å². The van der Waals surface area contributed by atoms with Crippen molar-refractivity contribution < 1.29 is 0 Å². The van der Waals surface area contributed by atoms with E-state index in [2.05, 4.69) is 29.2 Å². The number of fused-ring (bicyclic) bond motifs is 3. The van der Waals surface area contributed by atoms with Gasteiger partial charge in [-0.1, -0.05) is 35.9 Å². The molecule has 0 aliphatic heterocycles. The van der Waals surface area contributed by atoms with E-state index in [0.717, 1.165) is 22.9 Å². The van der Waals surface area contributed by atoms with Crippen molar-refractivity contribution in [3.8, 4) is 0 Å². The fourth-order valence-electron chi connectivity index (χ4n) is 4.03. The Morgan fingerprint density at radius 2 is 2.10 bits per heavy atom. The summed E-state index contributed by atoms with van der Waals surface area (Å²) in [4.78, 5) is 4.04. The van der Waals surface area contributed by atoms with Gasteiger partial charge in [0.25, 0.3) is 0 Å². The molecule has 0 bridgehead atoms. The maximum Gasteiger partial charge on any atom is 0.0621 e. The van der Waals surface area contributed by atoms with Gasteiger partial charge in [0.05, 0.1) is 5.02 Å². The highest BCUT2D eigenvalue weighted by Crippen LogP contribution is 2.62. The van der Waals surface area contributed by atoms with Crippen molar-refractivity contribution in [2.75, 3.05) is 0 Å². The van der Waals surface area contributed by atoms with E-state index < -0.39 is 0 Å². The number of benzene rings is 1. The summed E-state index contributed by atoms with van der Waals surface area (Å²) in [6, 6.07) is 10.8. The number of nitrogens with zero attached hydrogens (tertiary/aromatic N) is 1. The predicted molar refractivity (Wildman–Crippen MR) is 87.1 cm³/mol. The molecule has 0 saturated heterocycles. The van der Waals surface area contributed by atoms with E-state index in [9.17, 15) is 0 Å². The van der Waals surface area contributed by atoms with Crippen LogP contribution in [0.25, 0.3) is 0 Å². The minimum atomic E-state index is 0.158. The van der Waals surface area contributed by atoms with E-state index >= 15 is 0 Å². The van der Waals surface area contributed by atoms with Crippen LogP contribution in [0.5, 0.6) is 0 Å². The van der Waals surface area contributed by atoms with Crippen molar-refractivity contribution >= 4 is 23.2 Å². The summed E-state index contributed by atoms with van der Waals surface area (Å²) in [6.07, 6.45) is 6.81. The number of hydrogen-bond acceptors (Lipinski definition) is 1. The summed E-state index contributed by atoms with van der Waals surface area (Å²) < 4.78 is 0. The molecule has 0 N–H and O–H groups in total. The van der Waals surface area contributed by atoms with Crippen LogP contribution in [0.1, 0.15) is 29.0 Å². The first kappa shape index (κ1) is 13.6.